The van der Waals surface area contributed by atoms with Crippen molar-refractivity contribution >= 4 is 18.0 Å². The predicted octanol–water partition coefficient (Wildman–Crippen LogP) is 6.13. The Morgan fingerprint density at radius 2 is 1.71 bits per heavy atom. The van der Waals surface area contributed by atoms with Crippen LogP contribution in [-0.2, 0) is 19.1 Å². The number of carbonyl (C=O) groups excluding carboxylic acids is 2. The van der Waals surface area contributed by atoms with Crippen LogP contribution in [0.2, 0.25) is 0 Å². The lowest BCUT2D eigenvalue weighted by molar-refractivity contribution is -0.140. The molecule has 0 amide bonds. The summed E-state index contributed by atoms with van der Waals surface area (Å²) in [5.74, 6) is 0.608. The number of unbranched alkanes of at least 4 members (excludes halogenated alkanes) is 4. The molecule has 0 aliphatic rings. The van der Waals surface area contributed by atoms with Gasteiger partial charge in [-0.15, -0.1) is 0 Å². The van der Waals surface area contributed by atoms with Crippen LogP contribution < -0.4 is 4.74 Å². The number of rotatable bonds is 16. The maximum absolute atomic E-state index is 11.6. The maximum atomic E-state index is 11.6. The number of ether oxygens (including phenoxy) is 3. The van der Waals surface area contributed by atoms with E-state index >= 15 is 0 Å². The SMILES string of the molecule is C=C(C)C(=O)OCC(CCCC)CCCCCCOc1ccc(C=CC(=O)OC)cc1. The highest BCUT2D eigenvalue weighted by atomic mass is 16.5. The van der Waals surface area contributed by atoms with E-state index in [4.69, 9.17) is 9.47 Å². The fourth-order valence-corrected chi connectivity index (χ4v) is 3.11. The van der Waals surface area contributed by atoms with Crippen LogP contribution >= 0.6 is 0 Å². The summed E-state index contributed by atoms with van der Waals surface area (Å²) in [7, 11) is 1.36. The van der Waals surface area contributed by atoms with E-state index in [1.807, 2.05) is 24.3 Å². The first-order valence-corrected chi connectivity index (χ1v) is 11.3. The number of methoxy groups -OCH3 is 1. The molecule has 5 heteroatoms. The van der Waals surface area contributed by atoms with Gasteiger partial charge in [0.15, 0.2) is 0 Å². The molecular formula is C26H38O5. The van der Waals surface area contributed by atoms with E-state index in [0.29, 0.717) is 24.7 Å². The first-order valence-electron chi connectivity index (χ1n) is 11.3. The summed E-state index contributed by atoms with van der Waals surface area (Å²) in [4.78, 5) is 22.7. The summed E-state index contributed by atoms with van der Waals surface area (Å²) in [6, 6.07) is 7.63. The Bertz CT molecular complexity index is 690. The molecule has 1 unspecified atom stereocenters. The van der Waals surface area contributed by atoms with Gasteiger partial charge in [0.05, 0.1) is 20.3 Å². The second kappa shape index (κ2) is 16.2. The molecule has 31 heavy (non-hydrogen) atoms. The van der Waals surface area contributed by atoms with Gasteiger partial charge in [0, 0.05) is 11.6 Å². The second-order valence-electron chi connectivity index (χ2n) is 7.86. The van der Waals surface area contributed by atoms with Gasteiger partial charge in [0.1, 0.15) is 5.75 Å². The molecule has 0 aromatic heterocycles. The molecule has 172 valence electrons. The van der Waals surface area contributed by atoms with E-state index in [1.165, 1.54) is 19.6 Å². The Hall–Kier alpha value is -2.56. The monoisotopic (exact) mass is 430 g/mol. The molecule has 0 aliphatic carbocycles. The largest absolute Gasteiger partial charge is 0.494 e. The number of benzene rings is 1. The van der Waals surface area contributed by atoms with Crippen molar-refractivity contribution in [3.63, 3.8) is 0 Å². The van der Waals surface area contributed by atoms with Crippen molar-refractivity contribution in [1.82, 2.24) is 0 Å². The van der Waals surface area contributed by atoms with E-state index < -0.39 is 0 Å². The van der Waals surface area contributed by atoms with Crippen LogP contribution in [0.15, 0.2) is 42.5 Å². The molecule has 0 N–H and O–H groups in total. The fraction of sp³-hybridized carbons (Fsp3) is 0.538. The van der Waals surface area contributed by atoms with Crippen LogP contribution in [-0.4, -0.2) is 32.3 Å². The molecule has 0 heterocycles. The van der Waals surface area contributed by atoms with Gasteiger partial charge in [-0.25, -0.2) is 9.59 Å². The molecule has 0 aliphatic heterocycles. The van der Waals surface area contributed by atoms with Crippen molar-refractivity contribution in [1.29, 1.82) is 0 Å². The smallest absolute Gasteiger partial charge is 0.333 e. The van der Waals surface area contributed by atoms with Crippen molar-refractivity contribution in [2.45, 2.75) is 65.2 Å². The summed E-state index contributed by atoms with van der Waals surface area (Å²) in [6.07, 6.45) is 12.0. The zero-order valence-electron chi connectivity index (χ0n) is 19.4. The van der Waals surface area contributed by atoms with Gasteiger partial charge in [-0.1, -0.05) is 57.7 Å². The van der Waals surface area contributed by atoms with Gasteiger partial charge in [0.25, 0.3) is 0 Å². The molecule has 0 saturated carbocycles. The first kappa shape index (κ1) is 26.5. The van der Waals surface area contributed by atoms with Gasteiger partial charge in [-0.05, 0) is 55.9 Å². The zero-order chi connectivity index (χ0) is 22.9. The van der Waals surface area contributed by atoms with Gasteiger partial charge in [-0.3, -0.25) is 0 Å². The Kier molecular flexibility index (Phi) is 13.8. The standard InChI is InChI=1S/C26H38O5/c1-5-6-11-23(20-31-26(28)21(2)3)12-9-7-8-10-19-30-24-16-13-22(14-17-24)15-18-25(27)29-4/h13-18,23H,2,5-12,19-20H2,1,3-4H3. The van der Waals surface area contributed by atoms with Crippen molar-refractivity contribution in [3.8, 4) is 5.75 Å². The van der Waals surface area contributed by atoms with Gasteiger partial charge in [0.2, 0.25) is 0 Å². The third-order valence-electron chi connectivity index (χ3n) is 5.03. The summed E-state index contributed by atoms with van der Waals surface area (Å²) < 4.78 is 15.7. The zero-order valence-corrected chi connectivity index (χ0v) is 19.4. The Balaban J connectivity index is 2.20. The number of carbonyl (C=O) groups is 2. The van der Waals surface area contributed by atoms with E-state index in [1.54, 1.807) is 13.0 Å². The number of hydrogen-bond donors (Lipinski definition) is 0. The quantitative estimate of drug-likeness (QED) is 0.179. The van der Waals surface area contributed by atoms with Crippen LogP contribution in [0.3, 0.4) is 0 Å². The van der Waals surface area contributed by atoms with E-state index in [2.05, 4.69) is 18.2 Å². The lowest BCUT2D eigenvalue weighted by Gasteiger charge is -2.17. The summed E-state index contributed by atoms with van der Waals surface area (Å²) >= 11 is 0. The lowest BCUT2D eigenvalue weighted by Crippen LogP contribution is -2.15. The van der Waals surface area contributed by atoms with Crippen LogP contribution in [0.25, 0.3) is 6.08 Å². The van der Waals surface area contributed by atoms with E-state index in [-0.39, 0.29) is 11.9 Å². The minimum Gasteiger partial charge on any atom is -0.494 e. The molecule has 0 radical (unpaired) electrons. The van der Waals surface area contributed by atoms with Crippen molar-refractivity contribution in [3.05, 3.63) is 48.1 Å². The number of hydrogen-bond acceptors (Lipinski definition) is 5. The average molecular weight is 431 g/mol. The molecule has 1 aromatic rings. The van der Waals surface area contributed by atoms with Gasteiger partial charge < -0.3 is 14.2 Å². The normalized spacial score (nSPS) is 11.8. The summed E-state index contributed by atoms with van der Waals surface area (Å²) in [6.45, 7) is 8.69. The average Bonchev–Trinajstić information content (AvgIpc) is 2.78. The van der Waals surface area contributed by atoms with Crippen LogP contribution in [0.4, 0.5) is 0 Å². The van der Waals surface area contributed by atoms with E-state index in [0.717, 1.165) is 56.3 Å². The molecule has 0 bridgehead atoms. The highest BCUT2D eigenvalue weighted by Crippen LogP contribution is 2.19. The summed E-state index contributed by atoms with van der Waals surface area (Å²) in [5.41, 5.74) is 1.38. The highest BCUT2D eigenvalue weighted by Gasteiger charge is 2.12. The van der Waals surface area contributed by atoms with Crippen LogP contribution in [0.5, 0.6) is 5.75 Å². The van der Waals surface area contributed by atoms with Gasteiger partial charge >= 0.3 is 11.9 Å². The van der Waals surface area contributed by atoms with E-state index in [9.17, 15) is 9.59 Å². The molecule has 1 aromatic carbocycles. The molecule has 0 fully saturated rings. The minimum atomic E-state index is -0.370. The third kappa shape index (κ3) is 12.7. The predicted molar refractivity (Wildman–Crippen MR) is 125 cm³/mol. The molecule has 5 nitrogen and oxygen atoms in total. The lowest BCUT2D eigenvalue weighted by atomic mass is 9.96. The van der Waals surface area contributed by atoms with Crippen molar-refractivity contribution in [2.24, 2.45) is 5.92 Å². The molecule has 1 atom stereocenters. The van der Waals surface area contributed by atoms with Crippen LogP contribution in [0, 0.1) is 5.92 Å². The molecular weight excluding hydrogens is 392 g/mol. The highest BCUT2D eigenvalue weighted by molar-refractivity contribution is 5.87. The van der Waals surface area contributed by atoms with Crippen molar-refractivity contribution < 1.29 is 23.8 Å². The third-order valence-corrected chi connectivity index (χ3v) is 5.03. The Morgan fingerprint density at radius 1 is 1.03 bits per heavy atom. The summed E-state index contributed by atoms with van der Waals surface area (Å²) in [5, 5.41) is 0. The van der Waals surface area contributed by atoms with Crippen LogP contribution in [0.1, 0.15) is 70.8 Å². The van der Waals surface area contributed by atoms with Gasteiger partial charge in [-0.2, -0.15) is 0 Å². The molecule has 1 rings (SSSR count). The number of esters is 2. The second-order valence-corrected chi connectivity index (χ2v) is 7.86. The molecule has 0 saturated heterocycles. The maximum Gasteiger partial charge on any atom is 0.333 e. The topological polar surface area (TPSA) is 61.8 Å². The Labute approximate surface area is 187 Å². The van der Waals surface area contributed by atoms with Crippen molar-refractivity contribution in [2.75, 3.05) is 20.3 Å². The minimum absolute atomic E-state index is 0.286. The Morgan fingerprint density at radius 3 is 2.35 bits per heavy atom. The fourth-order valence-electron chi connectivity index (χ4n) is 3.11. The first-order chi connectivity index (χ1) is 15.0. The molecule has 0 spiro atoms.